The molecule has 0 amide bonds. The Morgan fingerprint density at radius 3 is 2.46 bits per heavy atom. The highest BCUT2D eigenvalue weighted by atomic mass is 16.5. The van der Waals surface area contributed by atoms with E-state index in [0.717, 1.165) is 6.42 Å². The van der Waals surface area contributed by atoms with Gasteiger partial charge in [0.25, 0.3) is 0 Å². The zero-order valence-electron chi connectivity index (χ0n) is 7.99. The van der Waals surface area contributed by atoms with Gasteiger partial charge in [-0.15, -0.1) is 0 Å². The topological polar surface area (TPSA) is 30.2 Å². The summed E-state index contributed by atoms with van der Waals surface area (Å²) in [5.41, 5.74) is 1.21. The van der Waals surface area contributed by atoms with Crippen molar-refractivity contribution >= 4 is 6.09 Å². The lowest BCUT2D eigenvalue weighted by Crippen LogP contribution is -2.42. The van der Waals surface area contributed by atoms with Crippen LogP contribution in [0.1, 0.15) is 19.4 Å². The summed E-state index contributed by atoms with van der Waals surface area (Å²) in [5.74, 6) is 0. The molecule has 3 heteroatoms. The van der Waals surface area contributed by atoms with E-state index >= 15 is 0 Å². The van der Waals surface area contributed by atoms with Gasteiger partial charge in [-0.25, -0.2) is 0 Å². The largest absolute Gasteiger partial charge is 0.601 e. The summed E-state index contributed by atoms with van der Waals surface area (Å²) < 4.78 is 6.26. The van der Waals surface area contributed by atoms with Crippen LogP contribution in [0.25, 0.3) is 0 Å². The summed E-state index contributed by atoms with van der Waals surface area (Å²) in [6, 6.07) is 3.83. The van der Waals surface area contributed by atoms with Gasteiger partial charge in [-0.05, 0) is 18.9 Å². The lowest BCUT2D eigenvalue weighted by molar-refractivity contribution is -0.586. The van der Waals surface area contributed by atoms with Crippen LogP contribution < -0.4 is 4.57 Å². The Labute approximate surface area is 78.0 Å². The van der Waals surface area contributed by atoms with Crippen LogP contribution in [0.3, 0.4) is 0 Å². The Bertz CT molecular complexity index is 279. The van der Waals surface area contributed by atoms with E-state index in [-0.39, 0.29) is 6.09 Å². The molecule has 0 saturated heterocycles. The van der Waals surface area contributed by atoms with Crippen molar-refractivity contribution in [3.63, 3.8) is 0 Å². The van der Waals surface area contributed by atoms with E-state index in [1.165, 1.54) is 10.1 Å². The first-order chi connectivity index (χ1) is 6.27. The maximum atomic E-state index is 11.2. The van der Waals surface area contributed by atoms with E-state index in [1.807, 2.05) is 12.1 Å². The summed E-state index contributed by atoms with van der Waals surface area (Å²) in [4.78, 5) is 11.2. The predicted molar refractivity (Wildman–Crippen MR) is 48.4 cm³/mol. The van der Waals surface area contributed by atoms with Crippen molar-refractivity contribution in [2.45, 2.75) is 20.3 Å². The van der Waals surface area contributed by atoms with Crippen LogP contribution in [-0.4, -0.2) is 12.7 Å². The first kappa shape index (κ1) is 9.71. The summed E-state index contributed by atoms with van der Waals surface area (Å²) in [6.45, 7) is 4.27. The van der Waals surface area contributed by atoms with Gasteiger partial charge in [-0.1, -0.05) is 11.5 Å². The molecular weight excluding hydrogens is 166 g/mol. The quantitative estimate of drug-likeness (QED) is 0.646. The molecule has 0 radical (unpaired) electrons. The van der Waals surface area contributed by atoms with E-state index in [1.54, 1.807) is 19.3 Å². The standard InChI is InChI=1S/C10H14NO2/c1-3-9-5-7-11(8-6-9)10(12)13-4-2/h5-8H,3-4H2,1-2H3/q+1. The molecular formula is C10H14NO2+. The normalized spacial score (nSPS) is 9.69. The Hall–Kier alpha value is -1.38. The molecule has 0 spiro atoms. The van der Waals surface area contributed by atoms with Crippen molar-refractivity contribution in [3.05, 3.63) is 30.1 Å². The Morgan fingerprint density at radius 1 is 1.38 bits per heavy atom. The van der Waals surface area contributed by atoms with Gasteiger partial charge in [0.15, 0.2) is 12.4 Å². The van der Waals surface area contributed by atoms with Crippen LogP contribution in [0.5, 0.6) is 0 Å². The van der Waals surface area contributed by atoms with Crippen LogP contribution in [0.15, 0.2) is 24.5 Å². The van der Waals surface area contributed by atoms with E-state index < -0.39 is 0 Å². The number of nitrogens with zero attached hydrogens (tertiary/aromatic N) is 1. The van der Waals surface area contributed by atoms with Gasteiger partial charge in [0.05, 0.1) is 6.61 Å². The highest BCUT2D eigenvalue weighted by molar-refractivity contribution is 5.56. The molecule has 3 nitrogen and oxygen atoms in total. The molecule has 0 aromatic carbocycles. The molecule has 13 heavy (non-hydrogen) atoms. The third-order valence-corrected chi connectivity index (χ3v) is 1.79. The molecule has 1 rings (SSSR count). The Balaban J connectivity index is 2.74. The smallest absolute Gasteiger partial charge is 0.412 e. The minimum Gasteiger partial charge on any atom is -0.412 e. The number of carbonyl (C=O) groups excluding carboxylic acids is 1. The first-order valence-corrected chi connectivity index (χ1v) is 4.45. The maximum absolute atomic E-state index is 11.2. The lowest BCUT2D eigenvalue weighted by atomic mass is 10.2. The van der Waals surface area contributed by atoms with Crippen molar-refractivity contribution in [2.75, 3.05) is 6.61 Å². The Morgan fingerprint density at radius 2 is 2.00 bits per heavy atom. The second kappa shape index (κ2) is 4.60. The fraction of sp³-hybridized carbons (Fsp3) is 0.400. The number of rotatable bonds is 2. The molecule has 0 saturated carbocycles. The van der Waals surface area contributed by atoms with Gasteiger partial charge >= 0.3 is 6.09 Å². The van der Waals surface area contributed by atoms with Crippen LogP contribution >= 0.6 is 0 Å². The van der Waals surface area contributed by atoms with E-state index in [4.69, 9.17) is 4.74 Å². The van der Waals surface area contributed by atoms with Gasteiger partial charge in [0.1, 0.15) is 0 Å². The predicted octanol–water partition coefficient (Wildman–Crippen LogP) is 1.54. The van der Waals surface area contributed by atoms with Crippen LogP contribution in [0.4, 0.5) is 4.79 Å². The number of hydrogen-bond donors (Lipinski definition) is 0. The third kappa shape index (κ3) is 2.54. The second-order valence-corrected chi connectivity index (χ2v) is 2.67. The lowest BCUT2D eigenvalue weighted by Gasteiger charge is -1.95. The Kier molecular flexibility index (Phi) is 3.43. The molecule has 1 aromatic rings. The average molecular weight is 180 g/mol. The highest BCUT2D eigenvalue weighted by Gasteiger charge is 2.13. The van der Waals surface area contributed by atoms with Gasteiger partial charge in [0.2, 0.25) is 0 Å². The molecule has 0 unspecified atom stereocenters. The first-order valence-electron chi connectivity index (χ1n) is 4.45. The summed E-state index contributed by atoms with van der Waals surface area (Å²) in [6.07, 6.45) is 4.09. The van der Waals surface area contributed by atoms with Crippen molar-refractivity contribution in [1.82, 2.24) is 0 Å². The number of aromatic nitrogens is 1. The second-order valence-electron chi connectivity index (χ2n) is 2.67. The summed E-state index contributed by atoms with van der Waals surface area (Å²) in [5, 5.41) is 0. The molecule has 0 bridgehead atoms. The summed E-state index contributed by atoms with van der Waals surface area (Å²) >= 11 is 0. The third-order valence-electron chi connectivity index (χ3n) is 1.79. The van der Waals surface area contributed by atoms with E-state index in [2.05, 4.69) is 6.92 Å². The molecule has 0 aliphatic rings. The molecule has 1 heterocycles. The number of aryl methyl sites for hydroxylation is 1. The molecule has 0 fully saturated rings. The van der Waals surface area contributed by atoms with E-state index in [0.29, 0.717) is 6.61 Å². The fourth-order valence-corrected chi connectivity index (χ4v) is 1.01. The van der Waals surface area contributed by atoms with Gasteiger partial charge in [-0.2, -0.15) is 4.79 Å². The SMILES string of the molecule is CCOC(=O)[n+]1ccc(CC)cc1. The van der Waals surface area contributed by atoms with Gasteiger partial charge in [-0.3, -0.25) is 0 Å². The number of pyridine rings is 1. The molecule has 0 atom stereocenters. The highest BCUT2D eigenvalue weighted by Crippen LogP contribution is 1.94. The van der Waals surface area contributed by atoms with Gasteiger partial charge in [0, 0.05) is 12.1 Å². The monoisotopic (exact) mass is 180 g/mol. The zero-order chi connectivity index (χ0) is 9.68. The zero-order valence-corrected chi connectivity index (χ0v) is 7.99. The van der Waals surface area contributed by atoms with Crippen molar-refractivity contribution in [1.29, 1.82) is 0 Å². The number of ether oxygens (including phenoxy) is 1. The van der Waals surface area contributed by atoms with Gasteiger partial charge < -0.3 is 4.74 Å². The molecule has 1 aromatic heterocycles. The number of carbonyl (C=O) groups is 1. The van der Waals surface area contributed by atoms with Crippen LogP contribution in [0.2, 0.25) is 0 Å². The average Bonchev–Trinajstić information content (AvgIpc) is 2.18. The minimum absolute atomic E-state index is 0.329. The van der Waals surface area contributed by atoms with Crippen molar-refractivity contribution < 1.29 is 14.1 Å². The minimum atomic E-state index is -0.329. The van der Waals surface area contributed by atoms with Crippen molar-refractivity contribution in [3.8, 4) is 0 Å². The fourth-order valence-electron chi connectivity index (χ4n) is 1.01. The van der Waals surface area contributed by atoms with Crippen molar-refractivity contribution in [2.24, 2.45) is 0 Å². The molecule has 0 aliphatic heterocycles. The molecule has 0 N–H and O–H groups in total. The number of hydrogen-bond acceptors (Lipinski definition) is 2. The van der Waals surface area contributed by atoms with Crippen LogP contribution in [-0.2, 0) is 11.2 Å². The maximum Gasteiger partial charge on any atom is 0.601 e. The molecule has 70 valence electrons. The van der Waals surface area contributed by atoms with E-state index in [9.17, 15) is 4.79 Å². The molecule has 0 aliphatic carbocycles. The summed E-state index contributed by atoms with van der Waals surface area (Å²) in [7, 11) is 0. The van der Waals surface area contributed by atoms with Crippen LogP contribution in [0, 0.1) is 0 Å².